The Hall–Kier alpha value is -1.75. The Morgan fingerprint density at radius 3 is 2.44 bits per heavy atom. The van der Waals surface area contributed by atoms with Gasteiger partial charge in [-0.25, -0.2) is 4.98 Å². The van der Waals surface area contributed by atoms with E-state index in [1.54, 1.807) is 12.1 Å². The van der Waals surface area contributed by atoms with Crippen LogP contribution < -0.4 is 18.9 Å². The Balaban J connectivity index is 0.000000902. The second kappa shape index (κ2) is 5.26. The van der Waals surface area contributed by atoms with Crippen molar-refractivity contribution in [2.45, 2.75) is 0 Å². The van der Waals surface area contributed by atoms with Gasteiger partial charge in [0.15, 0.2) is 0 Å². The molecule has 0 aliphatic rings. The van der Waals surface area contributed by atoms with Crippen LogP contribution in [0.5, 0.6) is 5.75 Å². The molecule has 2 nitrogen and oxygen atoms in total. The van der Waals surface area contributed by atoms with Gasteiger partial charge in [0, 0.05) is 10.9 Å². The van der Waals surface area contributed by atoms with Crippen LogP contribution in [0.2, 0.25) is 0 Å². The van der Waals surface area contributed by atoms with E-state index in [-0.39, 0.29) is 26.0 Å². The third kappa shape index (κ3) is 2.40. The van der Waals surface area contributed by atoms with Crippen LogP contribution in [0.25, 0.3) is 22.2 Å². The van der Waals surface area contributed by atoms with Crippen molar-refractivity contribution in [3.05, 3.63) is 60.7 Å². The maximum Gasteiger partial charge on any atom is 1.00 e. The first-order chi connectivity index (χ1) is 8.33. The maximum absolute atomic E-state index is 9.39. The molecule has 3 aromatic rings. The number of nitrogens with zero attached hydrogens (tertiary/aromatic N) is 1. The molecule has 3 rings (SSSR count). The van der Waals surface area contributed by atoms with E-state index in [1.807, 2.05) is 48.5 Å². The Bertz CT molecular complexity index is 673. The number of fused-ring (bicyclic) bond motifs is 1. The minimum absolute atomic E-state index is 0. The number of phenolic OH excluding ortho intramolecular Hbond substituents is 1. The number of hydrogen-bond donors (Lipinski definition) is 1. The van der Waals surface area contributed by atoms with Crippen molar-refractivity contribution >= 4 is 10.9 Å². The Morgan fingerprint density at radius 2 is 1.67 bits per heavy atom. The van der Waals surface area contributed by atoms with Gasteiger partial charge in [-0.05, 0) is 24.3 Å². The molecule has 0 radical (unpaired) electrons. The molecule has 0 aliphatic heterocycles. The molecule has 84 valence electrons. The smallest absolute Gasteiger partial charge is 1.00 e. The van der Waals surface area contributed by atoms with E-state index in [4.69, 9.17) is 0 Å². The van der Waals surface area contributed by atoms with Crippen molar-refractivity contribution < 1.29 is 25.4 Å². The molecule has 0 spiro atoms. The summed E-state index contributed by atoms with van der Waals surface area (Å²) in [7, 11) is 0. The maximum atomic E-state index is 9.39. The minimum atomic E-state index is 0. The molecule has 3 heteroatoms. The van der Waals surface area contributed by atoms with Crippen LogP contribution >= 0.6 is 0 Å². The number of rotatable bonds is 1. The first kappa shape index (κ1) is 12.7. The number of benzene rings is 2. The van der Waals surface area contributed by atoms with E-state index in [2.05, 4.69) is 4.98 Å². The van der Waals surface area contributed by atoms with Gasteiger partial charge in [0.25, 0.3) is 0 Å². The van der Waals surface area contributed by atoms with E-state index in [1.165, 1.54) is 0 Å². The third-order valence-electron chi connectivity index (χ3n) is 2.74. The normalized spacial score (nSPS) is 10.0. The SMILES string of the molecule is Oc1ccc2nc(-c3ccccc3)ccc2c1.[H-].[Li+]. The van der Waals surface area contributed by atoms with Crippen molar-refractivity contribution in [1.82, 2.24) is 4.98 Å². The summed E-state index contributed by atoms with van der Waals surface area (Å²) in [6.07, 6.45) is 0. The molecule has 0 saturated carbocycles. The average molecular weight is 229 g/mol. The van der Waals surface area contributed by atoms with E-state index in [0.717, 1.165) is 22.2 Å². The summed E-state index contributed by atoms with van der Waals surface area (Å²) >= 11 is 0. The van der Waals surface area contributed by atoms with Crippen LogP contribution in [0.15, 0.2) is 60.7 Å². The molecule has 1 heterocycles. The van der Waals surface area contributed by atoms with Gasteiger partial charge < -0.3 is 6.53 Å². The van der Waals surface area contributed by atoms with Crippen molar-refractivity contribution in [3.63, 3.8) is 0 Å². The number of hydrogen-bond acceptors (Lipinski definition) is 2. The summed E-state index contributed by atoms with van der Waals surface area (Å²) in [6.45, 7) is 0. The van der Waals surface area contributed by atoms with Crippen molar-refractivity contribution in [1.29, 1.82) is 0 Å². The van der Waals surface area contributed by atoms with E-state index in [0.29, 0.717) is 0 Å². The van der Waals surface area contributed by atoms with Gasteiger partial charge in [-0.1, -0.05) is 36.4 Å². The minimum Gasteiger partial charge on any atom is -1.00 e. The molecule has 0 saturated heterocycles. The van der Waals surface area contributed by atoms with E-state index < -0.39 is 0 Å². The van der Waals surface area contributed by atoms with Crippen LogP contribution in [0.4, 0.5) is 0 Å². The van der Waals surface area contributed by atoms with Gasteiger partial charge in [0.05, 0.1) is 11.2 Å². The molecule has 2 aromatic carbocycles. The first-order valence-electron chi connectivity index (χ1n) is 5.48. The summed E-state index contributed by atoms with van der Waals surface area (Å²) in [5.41, 5.74) is 2.94. The standard InChI is InChI=1S/C15H11NO.Li.H/c17-13-7-9-15-12(10-13)6-8-14(16-15)11-4-2-1-3-5-11;;/h1-10,17H;;/q;+1;-1. The molecule has 0 atom stereocenters. The van der Waals surface area contributed by atoms with Gasteiger partial charge in [0.1, 0.15) is 5.75 Å². The fourth-order valence-corrected chi connectivity index (χ4v) is 1.88. The number of aromatic nitrogens is 1. The topological polar surface area (TPSA) is 33.1 Å². The summed E-state index contributed by atoms with van der Waals surface area (Å²) in [5, 5.41) is 10.3. The van der Waals surface area contributed by atoms with Crippen molar-refractivity contribution in [2.24, 2.45) is 0 Å². The molecular weight excluding hydrogens is 217 g/mol. The third-order valence-corrected chi connectivity index (χ3v) is 2.74. The zero-order valence-electron chi connectivity index (χ0n) is 11.2. The van der Waals surface area contributed by atoms with Crippen LogP contribution in [-0.4, -0.2) is 10.1 Å². The molecule has 1 aromatic heterocycles. The molecule has 1 N–H and O–H groups in total. The van der Waals surface area contributed by atoms with E-state index >= 15 is 0 Å². The quantitative estimate of drug-likeness (QED) is 0.624. The van der Waals surface area contributed by atoms with Gasteiger partial charge in [-0.3, -0.25) is 0 Å². The number of aromatic hydroxyl groups is 1. The monoisotopic (exact) mass is 229 g/mol. The van der Waals surface area contributed by atoms with Crippen LogP contribution in [0.1, 0.15) is 1.43 Å². The molecule has 18 heavy (non-hydrogen) atoms. The van der Waals surface area contributed by atoms with Gasteiger partial charge in [-0.15, -0.1) is 0 Å². The predicted molar refractivity (Wildman–Crippen MR) is 70.0 cm³/mol. The largest absolute Gasteiger partial charge is 1.00 e. The first-order valence-corrected chi connectivity index (χ1v) is 5.48. The van der Waals surface area contributed by atoms with Crippen LogP contribution in [0, 0.1) is 0 Å². The summed E-state index contributed by atoms with van der Waals surface area (Å²) in [5.74, 6) is 0.270. The molecular formula is C15H12LiNO. The second-order valence-corrected chi connectivity index (χ2v) is 3.94. The Kier molecular flexibility index (Phi) is 3.71. The van der Waals surface area contributed by atoms with Crippen molar-refractivity contribution in [3.8, 4) is 17.0 Å². The predicted octanol–water partition coefficient (Wildman–Crippen LogP) is 0.724. The fourth-order valence-electron chi connectivity index (χ4n) is 1.88. The fraction of sp³-hybridized carbons (Fsp3) is 0. The van der Waals surface area contributed by atoms with Crippen LogP contribution in [-0.2, 0) is 0 Å². The second-order valence-electron chi connectivity index (χ2n) is 3.94. The number of pyridine rings is 1. The summed E-state index contributed by atoms with van der Waals surface area (Å²) < 4.78 is 0. The van der Waals surface area contributed by atoms with Gasteiger partial charge in [-0.2, -0.15) is 0 Å². The molecule has 0 fully saturated rings. The summed E-state index contributed by atoms with van der Waals surface area (Å²) in [4.78, 5) is 4.58. The number of phenols is 1. The van der Waals surface area contributed by atoms with E-state index in [9.17, 15) is 5.11 Å². The van der Waals surface area contributed by atoms with Gasteiger partial charge in [0.2, 0.25) is 0 Å². The Labute approximate surface area is 119 Å². The zero-order chi connectivity index (χ0) is 11.7. The average Bonchev–Trinajstić information content (AvgIpc) is 2.39. The molecule has 0 bridgehead atoms. The van der Waals surface area contributed by atoms with Crippen LogP contribution in [0.3, 0.4) is 0 Å². The van der Waals surface area contributed by atoms with Crippen molar-refractivity contribution in [2.75, 3.05) is 0 Å². The molecule has 0 aliphatic carbocycles. The summed E-state index contributed by atoms with van der Waals surface area (Å²) in [6, 6.07) is 19.2. The van der Waals surface area contributed by atoms with Gasteiger partial charge >= 0.3 is 18.9 Å². The Morgan fingerprint density at radius 1 is 0.889 bits per heavy atom. The zero-order valence-corrected chi connectivity index (χ0v) is 10.2. The molecule has 0 amide bonds. The molecule has 0 unspecified atom stereocenters.